The zero-order valence-corrected chi connectivity index (χ0v) is 24.2. The molecule has 2 N–H and O–H groups in total. The predicted molar refractivity (Wildman–Crippen MR) is 150 cm³/mol. The standard InChI is InChI=1S/C29H37Cl2N3O3/c1-15-10-18(28(2,3)4)25(19(11-15)29(5,6)7)37-27(36)24-17(16-8-9-20(30)21(31)12-16)14-34-23(35)13-22(32)33-26(24)34/h8-9,12-13,15,18-19,25H,10-11,14,32H2,1-7H3. The molecule has 200 valence electrons. The Morgan fingerprint density at radius 2 is 1.62 bits per heavy atom. The van der Waals surface area contributed by atoms with Gasteiger partial charge in [-0.05, 0) is 52.9 Å². The van der Waals surface area contributed by atoms with Crippen molar-refractivity contribution in [3.8, 4) is 0 Å². The fourth-order valence-electron chi connectivity index (χ4n) is 5.92. The van der Waals surface area contributed by atoms with Gasteiger partial charge in [0.25, 0.3) is 5.56 Å². The molecule has 0 amide bonds. The second kappa shape index (κ2) is 9.77. The van der Waals surface area contributed by atoms with E-state index in [0.717, 1.165) is 12.8 Å². The highest BCUT2D eigenvalue weighted by Gasteiger charge is 2.48. The first kappa shape index (κ1) is 27.7. The SMILES string of the molecule is CC1CC(C(C)(C)C)C(OC(=O)C2=C(c3ccc(Cl)c(Cl)c3)Cn3c2nc(N)cc3=O)C(C(C)(C)C)C1. The molecule has 2 heterocycles. The number of hydrogen-bond donors (Lipinski definition) is 1. The Labute approximate surface area is 229 Å². The van der Waals surface area contributed by atoms with Crippen molar-refractivity contribution in [2.45, 2.75) is 74.0 Å². The molecule has 1 fully saturated rings. The first-order chi connectivity index (χ1) is 17.1. The Balaban J connectivity index is 1.84. The predicted octanol–water partition coefficient (Wildman–Crippen LogP) is 6.72. The summed E-state index contributed by atoms with van der Waals surface area (Å²) in [5.41, 5.74) is 7.05. The zero-order valence-electron chi connectivity index (χ0n) is 22.7. The van der Waals surface area contributed by atoms with Crippen LogP contribution in [0.2, 0.25) is 10.0 Å². The van der Waals surface area contributed by atoms with Gasteiger partial charge in [0.2, 0.25) is 0 Å². The minimum atomic E-state index is -0.493. The molecule has 2 aromatic rings. The van der Waals surface area contributed by atoms with Crippen molar-refractivity contribution in [1.29, 1.82) is 0 Å². The van der Waals surface area contributed by atoms with E-state index >= 15 is 0 Å². The van der Waals surface area contributed by atoms with Gasteiger partial charge >= 0.3 is 5.97 Å². The van der Waals surface area contributed by atoms with E-state index in [1.54, 1.807) is 18.2 Å². The van der Waals surface area contributed by atoms with Gasteiger partial charge < -0.3 is 10.5 Å². The van der Waals surface area contributed by atoms with Crippen molar-refractivity contribution in [2.75, 3.05) is 5.73 Å². The molecule has 0 bridgehead atoms. The van der Waals surface area contributed by atoms with E-state index in [0.29, 0.717) is 27.1 Å². The molecule has 4 rings (SSSR count). The van der Waals surface area contributed by atoms with Crippen molar-refractivity contribution in [3.05, 3.63) is 56.1 Å². The van der Waals surface area contributed by atoms with Crippen LogP contribution < -0.4 is 11.3 Å². The second-order valence-corrected chi connectivity index (χ2v) is 13.6. The summed E-state index contributed by atoms with van der Waals surface area (Å²) in [6, 6.07) is 6.43. The maximum absolute atomic E-state index is 14.1. The van der Waals surface area contributed by atoms with Crippen molar-refractivity contribution in [3.63, 3.8) is 0 Å². The van der Waals surface area contributed by atoms with Crippen LogP contribution >= 0.6 is 23.2 Å². The highest BCUT2D eigenvalue weighted by molar-refractivity contribution is 6.42. The van der Waals surface area contributed by atoms with Crippen LogP contribution in [-0.4, -0.2) is 21.6 Å². The Morgan fingerprint density at radius 3 is 2.16 bits per heavy atom. The molecule has 0 saturated heterocycles. The number of esters is 1. The number of allylic oxidation sites excluding steroid dienone is 1. The lowest BCUT2D eigenvalue weighted by atomic mass is 9.59. The van der Waals surface area contributed by atoms with Crippen LogP contribution in [0.15, 0.2) is 29.1 Å². The first-order valence-electron chi connectivity index (χ1n) is 12.8. The second-order valence-electron chi connectivity index (χ2n) is 12.8. The monoisotopic (exact) mass is 545 g/mol. The summed E-state index contributed by atoms with van der Waals surface area (Å²) in [7, 11) is 0. The van der Waals surface area contributed by atoms with E-state index in [9.17, 15) is 9.59 Å². The third-order valence-corrected chi connectivity index (χ3v) is 8.65. The third kappa shape index (κ3) is 5.46. The van der Waals surface area contributed by atoms with Gasteiger partial charge in [0.1, 0.15) is 17.5 Å². The molecule has 1 aromatic carbocycles. The summed E-state index contributed by atoms with van der Waals surface area (Å²) in [6.07, 6.45) is 1.68. The normalized spacial score (nSPS) is 24.2. The number of halogens is 2. The fourth-order valence-corrected chi connectivity index (χ4v) is 6.22. The molecular formula is C29H37Cl2N3O3. The molecule has 1 aliphatic heterocycles. The molecule has 2 aliphatic rings. The number of carbonyl (C=O) groups is 1. The molecule has 0 spiro atoms. The van der Waals surface area contributed by atoms with E-state index < -0.39 is 5.97 Å². The lowest BCUT2D eigenvalue weighted by molar-refractivity contribution is -0.162. The lowest BCUT2D eigenvalue weighted by Gasteiger charge is -2.50. The summed E-state index contributed by atoms with van der Waals surface area (Å²) >= 11 is 12.5. The Bertz CT molecular complexity index is 1290. The van der Waals surface area contributed by atoms with Crippen molar-refractivity contribution < 1.29 is 9.53 Å². The molecule has 8 heteroatoms. The van der Waals surface area contributed by atoms with Gasteiger partial charge in [-0.15, -0.1) is 0 Å². The minimum absolute atomic E-state index is 0.0583. The van der Waals surface area contributed by atoms with E-state index in [1.165, 1.54) is 10.6 Å². The van der Waals surface area contributed by atoms with Crippen LogP contribution in [0.4, 0.5) is 5.82 Å². The maximum atomic E-state index is 14.1. The number of nitrogens with two attached hydrogens (primary N) is 1. The Morgan fingerprint density at radius 1 is 1.03 bits per heavy atom. The summed E-state index contributed by atoms with van der Waals surface area (Å²) in [5, 5.41) is 0.763. The number of nitrogen functional groups attached to an aromatic ring is 1. The largest absolute Gasteiger partial charge is 0.458 e. The number of rotatable bonds is 3. The molecule has 0 radical (unpaired) electrons. The summed E-state index contributed by atoms with van der Waals surface area (Å²) < 4.78 is 7.95. The summed E-state index contributed by atoms with van der Waals surface area (Å²) in [4.78, 5) is 31.3. The van der Waals surface area contributed by atoms with Crippen molar-refractivity contribution >= 4 is 46.1 Å². The van der Waals surface area contributed by atoms with Gasteiger partial charge in [0.15, 0.2) is 5.82 Å². The van der Waals surface area contributed by atoms with Crippen LogP contribution in [0.1, 0.15) is 72.7 Å². The van der Waals surface area contributed by atoms with E-state index in [2.05, 4.69) is 53.5 Å². The number of hydrogen-bond acceptors (Lipinski definition) is 5. The number of aromatic nitrogens is 2. The van der Waals surface area contributed by atoms with Gasteiger partial charge in [-0.2, -0.15) is 0 Å². The highest BCUT2D eigenvalue weighted by Crippen LogP contribution is 2.50. The number of benzene rings is 1. The lowest BCUT2D eigenvalue weighted by Crippen LogP contribution is -2.49. The molecular weight excluding hydrogens is 509 g/mol. The highest BCUT2D eigenvalue weighted by atomic mass is 35.5. The average Bonchev–Trinajstić information content (AvgIpc) is 3.15. The van der Waals surface area contributed by atoms with Crippen molar-refractivity contribution in [2.24, 2.45) is 28.6 Å². The van der Waals surface area contributed by atoms with Crippen LogP contribution in [0, 0.1) is 28.6 Å². The molecule has 2 unspecified atom stereocenters. The van der Waals surface area contributed by atoms with E-state index in [1.807, 2.05) is 0 Å². The van der Waals surface area contributed by atoms with Crippen LogP contribution in [0.25, 0.3) is 11.1 Å². The molecule has 2 atom stereocenters. The number of fused-ring (bicyclic) bond motifs is 1. The Hall–Kier alpha value is -2.31. The summed E-state index contributed by atoms with van der Waals surface area (Å²) in [5.74, 6) is 0.671. The first-order valence-corrected chi connectivity index (χ1v) is 13.6. The van der Waals surface area contributed by atoms with Gasteiger partial charge in [-0.1, -0.05) is 77.7 Å². The number of ether oxygens (including phenoxy) is 1. The molecule has 1 aliphatic carbocycles. The van der Waals surface area contributed by atoms with E-state index in [4.69, 9.17) is 33.7 Å². The molecule has 1 aromatic heterocycles. The topological polar surface area (TPSA) is 87.2 Å². The summed E-state index contributed by atoms with van der Waals surface area (Å²) in [6.45, 7) is 15.7. The van der Waals surface area contributed by atoms with Gasteiger partial charge in [-0.3, -0.25) is 9.36 Å². The number of carbonyl (C=O) groups excluding carboxylic acids is 1. The molecule has 37 heavy (non-hydrogen) atoms. The zero-order chi connectivity index (χ0) is 27.4. The molecule has 1 saturated carbocycles. The fraction of sp³-hybridized carbons (Fsp3) is 0.552. The van der Waals surface area contributed by atoms with Crippen LogP contribution in [0.3, 0.4) is 0 Å². The quantitative estimate of drug-likeness (QED) is 0.432. The number of anilines is 1. The van der Waals surface area contributed by atoms with Gasteiger partial charge in [0, 0.05) is 17.9 Å². The number of nitrogens with zero attached hydrogens (tertiary/aromatic N) is 2. The van der Waals surface area contributed by atoms with Gasteiger partial charge in [0.05, 0.1) is 16.6 Å². The molecule has 6 nitrogen and oxygen atoms in total. The maximum Gasteiger partial charge on any atom is 0.342 e. The minimum Gasteiger partial charge on any atom is -0.458 e. The third-order valence-electron chi connectivity index (χ3n) is 7.92. The van der Waals surface area contributed by atoms with Crippen LogP contribution in [0.5, 0.6) is 0 Å². The van der Waals surface area contributed by atoms with E-state index in [-0.39, 0.29) is 58.1 Å². The Kier molecular flexibility index (Phi) is 7.32. The smallest absolute Gasteiger partial charge is 0.342 e. The average molecular weight is 547 g/mol. The van der Waals surface area contributed by atoms with Crippen molar-refractivity contribution in [1.82, 2.24) is 9.55 Å². The van der Waals surface area contributed by atoms with Crippen LogP contribution in [-0.2, 0) is 16.1 Å². The van der Waals surface area contributed by atoms with Gasteiger partial charge in [-0.25, -0.2) is 9.78 Å².